The minimum Gasteiger partial charge on any atom is -0.388 e. The summed E-state index contributed by atoms with van der Waals surface area (Å²) in [4.78, 5) is 0. The maximum absolute atomic E-state index is 10.2. The molecule has 1 aliphatic carbocycles. The van der Waals surface area contributed by atoms with Gasteiger partial charge in [-0.2, -0.15) is 0 Å². The monoisotopic (exact) mass is 234 g/mol. The topological polar surface area (TPSA) is 29.5 Å². The lowest BCUT2D eigenvalue weighted by atomic mass is 9.96. The van der Waals surface area contributed by atoms with Crippen LogP contribution in [-0.4, -0.2) is 18.8 Å². The highest BCUT2D eigenvalue weighted by Crippen LogP contribution is 2.28. The van der Waals surface area contributed by atoms with Crippen molar-refractivity contribution in [3.8, 4) is 0 Å². The molecule has 1 aromatic rings. The van der Waals surface area contributed by atoms with Crippen LogP contribution in [0.1, 0.15) is 42.6 Å². The molecule has 0 amide bonds. The van der Waals surface area contributed by atoms with Crippen LogP contribution in [0.25, 0.3) is 0 Å². The molecule has 0 aromatic heterocycles. The van der Waals surface area contributed by atoms with Gasteiger partial charge < -0.3 is 9.84 Å². The van der Waals surface area contributed by atoms with Crippen molar-refractivity contribution in [1.82, 2.24) is 0 Å². The predicted molar refractivity (Wildman–Crippen MR) is 69.1 cm³/mol. The fraction of sp³-hybridized carbons (Fsp3) is 0.600. The van der Waals surface area contributed by atoms with Crippen molar-refractivity contribution in [2.24, 2.45) is 5.92 Å². The highest BCUT2D eigenvalue weighted by atomic mass is 16.5. The average molecular weight is 234 g/mol. The Morgan fingerprint density at radius 3 is 2.82 bits per heavy atom. The lowest BCUT2D eigenvalue weighted by molar-refractivity contribution is 0.102. The number of aliphatic hydroxyl groups is 1. The maximum Gasteiger partial charge on any atom is 0.0793 e. The SMILES string of the molecule is COCC(C)CC(O)c1ccc2c(c1)CCC2. The minimum atomic E-state index is -0.356. The van der Waals surface area contributed by atoms with E-state index >= 15 is 0 Å². The van der Waals surface area contributed by atoms with Crippen molar-refractivity contribution < 1.29 is 9.84 Å². The Morgan fingerprint density at radius 1 is 1.29 bits per heavy atom. The van der Waals surface area contributed by atoms with Gasteiger partial charge in [0.1, 0.15) is 0 Å². The van der Waals surface area contributed by atoms with E-state index in [2.05, 4.69) is 25.1 Å². The van der Waals surface area contributed by atoms with Crippen LogP contribution >= 0.6 is 0 Å². The Kier molecular flexibility index (Phi) is 4.19. The molecular weight excluding hydrogens is 212 g/mol. The third kappa shape index (κ3) is 3.08. The molecule has 17 heavy (non-hydrogen) atoms. The highest BCUT2D eigenvalue weighted by molar-refractivity contribution is 5.36. The molecule has 1 aromatic carbocycles. The molecule has 2 unspecified atom stereocenters. The summed E-state index contributed by atoms with van der Waals surface area (Å²) in [5.41, 5.74) is 3.96. The van der Waals surface area contributed by atoms with E-state index in [9.17, 15) is 5.11 Å². The van der Waals surface area contributed by atoms with Gasteiger partial charge in [-0.1, -0.05) is 25.1 Å². The molecule has 94 valence electrons. The molecule has 1 aliphatic rings. The lowest BCUT2D eigenvalue weighted by Crippen LogP contribution is -2.09. The van der Waals surface area contributed by atoms with Crippen LogP contribution in [0.4, 0.5) is 0 Å². The van der Waals surface area contributed by atoms with Crippen molar-refractivity contribution >= 4 is 0 Å². The highest BCUT2D eigenvalue weighted by Gasteiger charge is 2.16. The summed E-state index contributed by atoms with van der Waals surface area (Å²) in [6, 6.07) is 6.45. The molecular formula is C15H22O2. The second-order valence-corrected chi connectivity index (χ2v) is 5.19. The van der Waals surface area contributed by atoms with E-state index in [1.165, 1.54) is 30.4 Å². The van der Waals surface area contributed by atoms with Gasteiger partial charge in [-0.3, -0.25) is 0 Å². The molecule has 0 radical (unpaired) electrons. The third-order valence-electron chi connectivity index (χ3n) is 3.58. The van der Waals surface area contributed by atoms with Crippen molar-refractivity contribution in [2.45, 2.75) is 38.7 Å². The maximum atomic E-state index is 10.2. The Balaban J connectivity index is 2.01. The number of benzene rings is 1. The van der Waals surface area contributed by atoms with Gasteiger partial charge in [-0.15, -0.1) is 0 Å². The zero-order valence-corrected chi connectivity index (χ0v) is 10.8. The Labute approximate surface area is 104 Å². The molecule has 2 atom stereocenters. The van der Waals surface area contributed by atoms with Crippen LogP contribution < -0.4 is 0 Å². The number of fused-ring (bicyclic) bond motifs is 1. The summed E-state index contributed by atoms with van der Waals surface area (Å²) in [5, 5.41) is 10.2. The first-order valence-electron chi connectivity index (χ1n) is 6.49. The van der Waals surface area contributed by atoms with Gasteiger partial charge in [0.2, 0.25) is 0 Å². The van der Waals surface area contributed by atoms with Crippen LogP contribution in [0.5, 0.6) is 0 Å². The van der Waals surface area contributed by atoms with E-state index in [1.807, 2.05) is 0 Å². The zero-order valence-electron chi connectivity index (χ0n) is 10.8. The van der Waals surface area contributed by atoms with Gasteiger partial charge in [0, 0.05) is 13.7 Å². The number of aliphatic hydroxyl groups excluding tert-OH is 1. The van der Waals surface area contributed by atoms with E-state index in [-0.39, 0.29) is 6.10 Å². The van der Waals surface area contributed by atoms with Crippen molar-refractivity contribution in [3.63, 3.8) is 0 Å². The molecule has 1 N–H and O–H groups in total. The average Bonchev–Trinajstić information content (AvgIpc) is 2.75. The largest absolute Gasteiger partial charge is 0.388 e. The van der Waals surface area contributed by atoms with E-state index < -0.39 is 0 Å². The van der Waals surface area contributed by atoms with Gasteiger partial charge in [-0.25, -0.2) is 0 Å². The fourth-order valence-corrected chi connectivity index (χ4v) is 2.67. The second kappa shape index (κ2) is 5.65. The van der Waals surface area contributed by atoms with Gasteiger partial charge in [-0.05, 0) is 48.3 Å². The summed E-state index contributed by atoms with van der Waals surface area (Å²) in [6.45, 7) is 2.82. The molecule has 0 saturated heterocycles. The van der Waals surface area contributed by atoms with Crippen LogP contribution in [0.15, 0.2) is 18.2 Å². The first kappa shape index (κ1) is 12.6. The minimum absolute atomic E-state index is 0.356. The van der Waals surface area contributed by atoms with Crippen LogP contribution in [0.3, 0.4) is 0 Å². The molecule has 0 spiro atoms. The van der Waals surface area contributed by atoms with E-state index in [4.69, 9.17) is 4.74 Å². The van der Waals surface area contributed by atoms with Crippen molar-refractivity contribution in [1.29, 1.82) is 0 Å². The Morgan fingerprint density at radius 2 is 2.06 bits per heavy atom. The first-order valence-corrected chi connectivity index (χ1v) is 6.49. The molecule has 0 aliphatic heterocycles. The van der Waals surface area contributed by atoms with E-state index in [1.54, 1.807) is 7.11 Å². The Hall–Kier alpha value is -0.860. The van der Waals surface area contributed by atoms with Crippen LogP contribution in [0.2, 0.25) is 0 Å². The summed E-state index contributed by atoms with van der Waals surface area (Å²) < 4.78 is 5.10. The molecule has 0 fully saturated rings. The first-order chi connectivity index (χ1) is 8.20. The molecule has 2 heteroatoms. The molecule has 0 bridgehead atoms. The third-order valence-corrected chi connectivity index (χ3v) is 3.58. The van der Waals surface area contributed by atoms with E-state index in [0.717, 1.165) is 12.0 Å². The zero-order chi connectivity index (χ0) is 12.3. The van der Waals surface area contributed by atoms with Gasteiger partial charge in [0.05, 0.1) is 6.10 Å². The summed E-state index contributed by atoms with van der Waals surface area (Å²) >= 11 is 0. The van der Waals surface area contributed by atoms with Gasteiger partial charge in [0.25, 0.3) is 0 Å². The lowest BCUT2D eigenvalue weighted by Gasteiger charge is -2.17. The molecule has 0 saturated carbocycles. The molecule has 0 heterocycles. The van der Waals surface area contributed by atoms with Crippen LogP contribution in [0, 0.1) is 5.92 Å². The number of hydrogen-bond donors (Lipinski definition) is 1. The second-order valence-electron chi connectivity index (χ2n) is 5.19. The predicted octanol–water partition coefficient (Wildman–Crippen LogP) is 2.88. The van der Waals surface area contributed by atoms with Gasteiger partial charge in [0.15, 0.2) is 0 Å². The fourth-order valence-electron chi connectivity index (χ4n) is 2.67. The summed E-state index contributed by atoms with van der Waals surface area (Å²) in [7, 11) is 1.71. The summed E-state index contributed by atoms with van der Waals surface area (Å²) in [5.74, 6) is 0.392. The van der Waals surface area contributed by atoms with Crippen LogP contribution in [-0.2, 0) is 17.6 Å². The molecule has 2 rings (SSSR count). The van der Waals surface area contributed by atoms with Gasteiger partial charge >= 0.3 is 0 Å². The Bertz CT molecular complexity index is 373. The number of aryl methyl sites for hydroxylation is 2. The number of rotatable bonds is 5. The smallest absolute Gasteiger partial charge is 0.0793 e. The number of methoxy groups -OCH3 is 1. The van der Waals surface area contributed by atoms with Crippen molar-refractivity contribution in [3.05, 3.63) is 34.9 Å². The normalized spacial score (nSPS) is 17.8. The van der Waals surface area contributed by atoms with E-state index in [0.29, 0.717) is 12.5 Å². The van der Waals surface area contributed by atoms with Crippen molar-refractivity contribution in [2.75, 3.05) is 13.7 Å². The standard InChI is InChI=1S/C15H22O2/c1-11(10-17-2)8-15(16)14-7-6-12-4-3-5-13(12)9-14/h6-7,9,11,15-16H,3-5,8,10H2,1-2H3. The number of hydrogen-bond acceptors (Lipinski definition) is 2. The molecule has 2 nitrogen and oxygen atoms in total. The quantitative estimate of drug-likeness (QED) is 0.849. The summed E-state index contributed by atoms with van der Waals surface area (Å²) in [6.07, 6.45) is 4.04. The number of ether oxygens (including phenoxy) is 1.